The van der Waals surface area contributed by atoms with E-state index in [2.05, 4.69) is 36.2 Å². The molecule has 0 spiro atoms. The van der Waals surface area contributed by atoms with Crippen molar-refractivity contribution in [2.24, 2.45) is 0 Å². The number of rotatable bonds is 5. The molecule has 0 atom stereocenters. The van der Waals surface area contributed by atoms with Gasteiger partial charge in [-0.1, -0.05) is 31.2 Å². The molecule has 0 saturated carbocycles. The van der Waals surface area contributed by atoms with Crippen LogP contribution in [-0.2, 0) is 17.8 Å². The third-order valence-corrected chi connectivity index (χ3v) is 4.05. The fourth-order valence-electron chi connectivity index (χ4n) is 1.97. The maximum Gasteiger partial charge on any atom is 0.246 e. The molecule has 0 fully saturated rings. The average Bonchev–Trinajstić information content (AvgIpc) is 2.91. The molecule has 0 radical (unpaired) electrons. The van der Waals surface area contributed by atoms with Gasteiger partial charge in [0.2, 0.25) is 5.91 Å². The van der Waals surface area contributed by atoms with Crippen molar-refractivity contribution in [2.75, 3.05) is 7.05 Å². The summed E-state index contributed by atoms with van der Waals surface area (Å²) in [5.41, 5.74) is 3.29. The molecular weight excluding hydrogens is 280 g/mol. The Kier molecular flexibility index (Phi) is 5.28. The summed E-state index contributed by atoms with van der Waals surface area (Å²) in [5.74, 6) is -0.0137. The first-order chi connectivity index (χ1) is 10.1. The maximum atomic E-state index is 12.1. The van der Waals surface area contributed by atoms with E-state index in [1.807, 2.05) is 19.4 Å². The first kappa shape index (κ1) is 15.4. The largest absolute Gasteiger partial charge is 0.338 e. The van der Waals surface area contributed by atoms with Crippen molar-refractivity contribution in [1.29, 1.82) is 0 Å². The molecule has 1 aromatic carbocycles. The Morgan fingerprint density at radius 2 is 1.95 bits per heavy atom. The number of hydrogen-bond acceptors (Lipinski definition) is 3. The zero-order chi connectivity index (χ0) is 15.2. The van der Waals surface area contributed by atoms with Gasteiger partial charge < -0.3 is 4.90 Å². The highest BCUT2D eigenvalue weighted by Crippen LogP contribution is 2.10. The highest BCUT2D eigenvalue weighted by Gasteiger charge is 2.06. The summed E-state index contributed by atoms with van der Waals surface area (Å²) in [6.45, 7) is 4.70. The molecular formula is C17H20N2OS. The van der Waals surface area contributed by atoms with E-state index in [-0.39, 0.29) is 5.91 Å². The molecule has 4 heteroatoms. The number of aryl methyl sites for hydroxylation is 2. The number of likely N-dealkylation sites (N-methyl/N-ethyl adjacent to an activating group) is 1. The quantitative estimate of drug-likeness (QED) is 0.789. The number of aromatic nitrogens is 1. The van der Waals surface area contributed by atoms with Gasteiger partial charge in [0, 0.05) is 25.0 Å². The Bertz CT molecular complexity index is 628. The average molecular weight is 300 g/mol. The van der Waals surface area contributed by atoms with Crippen LogP contribution in [0.3, 0.4) is 0 Å². The van der Waals surface area contributed by atoms with Crippen LogP contribution in [0.5, 0.6) is 0 Å². The van der Waals surface area contributed by atoms with Crippen LogP contribution in [0.4, 0.5) is 0 Å². The van der Waals surface area contributed by atoms with E-state index in [4.69, 9.17) is 0 Å². The fraction of sp³-hybridized carbons (Fsp3) is 0.294. The van der Waals surface area contributed by atoms with Gasteiger partial charge >= 0.3 is 0 Å². The van der Waals surface area contributed by atoms with Crippen LogP contribution < -0.4 is 0 Å². The lowest BCUT2D eigenvalue weighted by molar-refractivity contribution is -0.125. The summed E-state index contributed by atoms with van der Waals surface area (Å²) < 4.78 is 0. The van der Waals surface area contributed by atoms with Gasteiger partial charge in [-0.05, 0) is 30.5 Å². The van der Waals surface area contributed by atoms with E-state index >= 15 is 0 Å². The zero-order valence-corrected chi connectivity index (χ0v) is 13.5. The predicted octanol–water partition coefficient (Wildman–Crippen LogP) is 3.69. The maximum absolute atomic E-state index is 12.1. The van der Waals surface area contributed by atoms with Crippen molar-refractivity contribution < 1.29 is 4.79 Å². The van der Waals surface area contributed by atoms with Crippen molar-refractivity contribution in [3.05, 3.63) is 57.6 Å². The molecule has 110 valence electrons. The fourth-order valence-corrected chi connectivity index (χ4v) is 2.55. The van der Waals surface area contributed by atoms with Crippen LogP contribution in [-0.4, -0.2) is 22.8 Å². The van der Waals surface area contributed by atoms with Gasteiger partial charge in [-0.15, -0.1) is 11.3 Å². The molecule has 21 heavy (non-hydrogen) atoms. The molecule has 1 heterocycles. The van der Waals surface area contributed by atoms with Crippen molar-refractivity contribution in [3.8, 4) is 0 Å². The van der Waals surface area contributed by atoms with Crippen LogP contribution in [0.2, 0.25) is 0 Å². The molecule has 1 aromatic heterocycles. The summed E-state index contributed by atoms with van der Waals surface area (Å²) in [6, 6.07) is 8.38. The molecule has 0 aliphatic rings. The normalized spacial score (nSPS) is 11.0. The number of benzene rings is 1. The summed E-state index contributed by atoms with van der Waals surface area (Å²) in [4.78, 5) is 18.1. The molecule has 0 aliphatic heterocycles. The Balaban J connectivity index is 1.93. The SMILES string of the molecule is CCc1ccc(CN(C)C(=O)/C=C/c2csc(C)n2)cc1. The molecule has 0 unspecified atom stereocenters. The molecule has 2 aromatic rings. The predicted molar refractivity (Wildman–Crippen MR) is 88.2 cm³/mol. The standard InChI is InChI=1S/C17H20N2OS/c1-4-14-5-7-15(8-6-14)11-19(3)17(20)10-9-16-12-21-13(2)18-16/h5-10,12H,4,11H2,1-3H3/b10-9+. The number of thiazole rings is 1. The van der Waals surface area contributed by atoms with Crippen LogP contribution in [0.15, 0.2) is 35.7 Å². The second-order valence-corrected chi connectivity index (χ2v) is 6.05. The van der Waals surface area contributed by atoms with E-state index in [1.165, 1.54) is 5.56 Å². The Morgan fingerprint density at radius 1 is 1.29 bits per heavy atom. The van der Waals surface area contributed by atoms with Gasteiger partial charge in [0.1, 0.15) is 0 Å². The molecule has 0 N–H and O–H groups in total. The minimum absolute atomic E-state index is 0.0137. The summed E-state index contributed by atoms with van der Waals surface area (Å²) in [7, 11) is 1.81. The van der Waals surface area contributed by atoms with Gasteiger partial charge in [0.15, 0.2) is 0 Å². The summed E-state index contributed by atoms with van der Waals surface area (Å²) in [6.07, 6.45) is 4.38. The third kappa shape index (κ3) is 4.53. The minimum atomic E-state index is -0.0137. The highest BCUT2D eigenvalue weighted by atomic mass is 32.1. The number of carbonyl (C=O) groups is 1. The monoisotopic (exact) mass is 300 g/mol. The summed E-state index contributed by atoms with van der Waals surface area (Å²) in [5, 5.41) is 2.95. The number of nitrogens with zero attached hydrogens (tertiary/aromatic N) is 2. The molecule has 1 amide bonds. The Hall–Kier alpha value is -1.94. The smallest absolute Gasteiger partial charge is 0.246 e. The summed E-state index contributed by atoms with van der Waals surface area (Å²) >= 11 is 1.58. The second-order valence-electron chi connectivity index (χ2n) is 4.99. The second kappa shape index (κ2) is 7.18. The number of carbonyl (C=O) groups excluding carboxylic acids is 1. The van der Waals surface area contributed by atoms with Gasteiger partial charge in [0.05, 0.1) is 10.7 Å². The number of amides is 1. The first-order valence-corrected chi connectivity index (χ1v) is 7.89. The third-order valence-electron chi connectivity index (χ3n) is 3.26. The lowest BCUT2D eigenvalue weighted by Gasteiger charge is -2.15. The zero-order valence-electron chi connectivity index (χ0n) is 12.7. The Morgan fingerprint density at radius 3 is 2.52 bits per heavy atom. The lowest BCUT2D eigenvalue weighted by atomic mass is 10.1. The van der Waals surface area contributed by atoms with E-state index in [0.717, 1.165) is 22.7 Å². The Labute approximate surface area is 129 Å². The van der Waals surface area contributed by atoms with E-state index in [0.29, 0.717) is 6.54 Å². The van der Waals surface area contributed by atoms with Crippen LogP contribution in [0, 0.1) is 6.92 Å². The molecule has 2 rings (SSSR count). The van der Waals surface area contributed by atoms with E-state index in [1.54, 1.807) is 28.4 Å². The van der Waals surface area contributed by atoms with Gasteiger partial charge in [-0.2, -0.15) is 0 Å². The molecule has 3 nitrogen and oxygen atoms in total. The molecule has 0 aliphatic carbocycles. The van der Waals surface area contributed by atoms with E-state index < -0.39 is 0 Å². The number of hydrogen-bond donors (Lipinski definition) is 0. The first-order valence-electron chi connectivity index (χ1n) is 7.01. The minimum Gasteiger partial charge on any atom is -0.338 e. The highest BCUT2D eigenvalue weighted by molar-refractivity contribution is 7.09. The van der Waals surface area contributed by atoms with Gasteiger partial charge in [-0.25, -0.2) is 4.98 Å². The van der Waals surface area contributed by atoms with E-state index in [9.17, 15) is 4.79 Å². The van der Waals surface area contributed by atoms with Crippen molar-refractivity contribution in [2.45, 2.75) is 26.8 Å². The lowest BCUT2D eigenvalue weighted by Crippen LogP contribution is -2.24. The van der Waals surface area contributed by atoms with Crippen LogP contribution in [0.1, 0.15) is 28.8 Å². The van der Waals surface area contributed by atoms with Crippen LogP contribution in [0.25, 0.3) is 6.08 Å². The van der Waals surface area contributed by atoms with Crippen molar-refractivity contribution in [3.63, 3.8) is 0 Å². The van der Waals surface area contributed by atoms with Crippen molar-refractivity contribution >= 4 is 23.3 Å². The molecule has 0 saturated heterocycles. The topological polar surface area (TPSA) is 33.2 Å². The van der Waals surface area contributed by atoms with Gasteiger partial charge in [0.25, 0.3) is 0 Å². The molecule has 0 bridgehead atoms. The van der Waals surface area contributed by atoms with Crippen molar-refractivity contribution in [1.82, 2.24) is 9.88 Å². The van der Waals surface area contributed by atoms with Crippen LogP contribution >= 0.6 is 11.3 Å². The van der Waals surface area contributed by atoms with Gasteiger partial charge in [-0.3, -0.25) is 4.79 Å².